The van der Waals surface area contributed by atoms with Crippen LogP contribution in [0.1, 0.15) is 39.0 Å². The Labute approximate surface area is 104 Å². The van der Waals surface area contributed by atoms with Crippen molar-refractivity contribution in [3.05, 3.63) is 0 Å². The van der Waals surface area contributed by atoms with Gasteiger partial charge in [0, 0.05) is 26.7 Å². The molecule has 0 spiro atoms. The molecule has 2 heterocycles. The topological polar surface area (TPSA) is 32.8 Å². The van der Waals surface area contributed by atoms with Crippen molar-refractivity contribution >= 4 is 6.03 Å². The van der Waals surface area contributed by atoms with Gasteiger partial charge in [-0.05, 0) is 26.2 Å². The predicted octanol–water partition coefficient (Wildman–Crippen LogP) is 2.09. The average molecular weight is 240 g/mol. The number of ether oxygens (including phenoxy) is 1. The molecule has 2 aliphatic heterocycles. The van der Waals surface area contributed by atoms with Gasteiger partial charge >= 0.3 is 6.03 Å². The lowest BCUT2D eigenvalue weighted by Gasteiger charge is -2.32. The number of hydrogen-bond acceptors (Lipinski definition) is 2. The van der Waals surface area contributed by atoms with E-state index in [9.17, 15) is 4.79 Å². The molecule has 2 amide bonds. The first-order valence-corrected chi connectivity index (χ1v) is 6.83. The third-order valence-electron chi connectivity index (χ3n) is 4.01. The van der Waals surface area contributed by atoms with Crippen molar-refractivity contribution in [1.82, 2.24) is 9.80 Å². The van der Waals surface area contributed by atoms with Gasteiger partial charge in [-0.1, -0.05) is 12.8 Å². The minimum Gasteiger partial charge on any atom is -0.376 e. The zero-order valence-electron chi connectivity index (χ0n) is 11.0. The van der Waals surface area contributed by atoms with E-state index in [0.717, 1.165) is 39.0 Å². The highest BCUT2D eigenvalue weighted by Gasteiger charge is 2.32. The first-order chi connectivity index (χ1) is 8.20. The summed E-state index contributed by atoms with van der Waals surface area (Å²) >= 11 is 0. The van der Waals surface area contributed by atoms with Crippen molar-refractivity contribution in [1.29, 1.82) is 0 Å². The lowest BCUT2D eigenvalue weighted by molar-refractivity contribution is 0.0824. The van der Waals surface area contributed by atoms with Crippen molar-refractivity contribution in [2.24, 2.45) is 0 Å². The zero-order valence-corrected chi connectivity index (χ0v) is 11.0. The van der Waals surface area contributed by atoms with E-state index in [1.165, 1.54) is 12.8 Å². The van der Waals surface area contributed by atoms with Crippen LogP contribution in [0.2, 0.25) is 0 Å². The maximum atomic E-state index is 12.4. The van der Waals surface area contributed by atoms with Crippen LogP contribution in [0.15, 0.2) is 0 Å². The predicted molar refractivity (Wildman–Crippen MR) is 67.0 cm³/mol. The molecule has 2 unspecified atom stereocenters. The van der Waals surface area contributed by atoms with Crippen molar-refractivity contribution in [3.63, 3.8) is 0 Å². The first kappa shape index (κ1) is 12.7. The van der Waals surface area contributed by atoms with Crippen LogP contribution in [0.5, 0.6) is 0 Å². The van der Waals surface area contributed by atoms with Crippen LogP contribution < -0.4 is 0 Å². The Balaban J connectivity index is 1.93. The summed E-state index contributed by atoms with van der Waals surface area (Å²) in [6.45, 7) is 4.68. The number of carbonyl (C=O) groups is 1. The molecule has 98 valence electrons. The maximum Gasteiger partial charge on any atom is 0.320 e. The number of carbonyl (C=O) groups excluding carboxylic acids is 1. The third-order valence-corrected chi connectivity index (χ3v) is 4.01. The standard InChI is InChI=1S/C13H24N2O2/c1-11-12(7-10-17-11)14(2)13(16)15-8-5-3-4-6-9-15/h11-12H,3-10H2,1-2H3. The second-order valence-electron chi connectivity index (χ2n) is 5.23. The van der Waals surface area contributed by atoms with Gasteiger partial charge in [0.05, 0.1) is 12.1 Å². The SMILES string of the molecule is CC1OCCC1N(C)C(=O)N1CCCCCC1. The Morgan fingerprint density at radius 2 is 1.88 bits per heavy atom. The van der Waals surface area contributed by atoms with Gasteiger partial charge in [-0.3, -0.25) is 0 Å². The lowest BCUT2D eigenvalue weighted by atomic mass is 10.1. The highest BCUT2D eigenvalue weighted by Crippen LogP contribution is 2.20. The van der Waals surface area contributed by atoms with E-state index < -0.39 is 0 Å². The quantitative estimate of drug-likeness (QED) is 0.703. The van der Waals surface area contributed by atoms with Crippen molar-refractivity contribution in [2.45, 2.75) is 51.2 Å². The fourth-order valence-electron chi connectivity index (χ4n) is 2.86. The molecule has 4 heteroatoms. The molecule has 2 saturated heterocycles. The van der Waals surface area contributed by atoms with E-state index in [2.05, 4.69) is 6.92 Å². The molecule has 0 bridgehead atoms. The Morgan fingerprint density at radius 3 is 2.41 bits per heavy atom. The molecule has 0 aliphatic carbocycles. The molecule has 0 aromatic rings. The van der Waals surface area contributed by atoms with Gasteiger partial charge < -0.3 is 14.5 Å². The molecular weight excluding hydrogens is 216 g/mol. The number of hydrogen-bond donors (Lipinski definition) is 0. The molecule has 4 nitrogen and oxygen atoms in total. The average Bonchev–Trinajstić information content (AvgIpc) is 2.60. The van der Waals surface area contributed by atoms with E-state index >= 15 is 0 Å². The summed E-state index contributed by atoms with van der Waals surface area (Å²) < 4.78 is 5.54. The van der Waals surface area contributed by atoms with Crippen LogP contribution in [0.3, 0.4) is 0 Å². The molecule has 0 N–H and O–H groups in total. The minimum absolute atomic E-state index is 0.177. The molecule has 2 aliphatic rings. The second-order valence-corrected chi connectivity index (χ2v) is 5.23. The summed E-state index contributed by atoms with van der Waals surface area (Å²) in [4.78, 5) is 16.3. The molecule has 0 aromatic carbocycles. The Bertz CT molecular complexity index is 262. The second kappa shape index (κ2) is 5.71. The summed E-state index contributed by atoms with van der Waals surface area (Å²) in [6, 6.07) is 0.444. The van der Waals surface area contributed by atoms with Gasteiger partial charge in [-0.2, -0.15) is 0 Å². The van der Waals surface area contributed by atoms with Crippen molar-refractivity contribution in [3.8, 4) is 0 Å². The van der Waals surface area contributed by atoms with Crippen LogP contribution in [-0.4, -0.2) is 54.7 Å². The summed E-state index contributed by atoms with van der Waals surface area (Å²) in [7, 11) is 1.92. The number of likely N-dealkylation sites (tertiary alicyclic amines) is 1. The molecule has 17 heavy (non-hydrogen) atoms. The number of urea groups is 1. The van der Waals surface area contributed by atoms with Crippen LogP contribution >= 0.6 is 0 Å². The summed E-state index contributed by atoms with van der Waals surface area (Å²) in [5.41, 5.74) is 0. The molecule has 2 fully saturated rings. The maximum absolute atomic E-state index is 12.4. The van der Waals surface area contributed by atoms with E-state index in [1.54, 1.807) is 0 Å². The highest BCUT2D eigenvalue weighted by molar-refractivity contribution is 5.74. The first-order valence-electron chi connectivity index (χ1n) is 6.83. The van der Waals surface area contributed by atoms with Crippen LogP contribution in [0.4, 0.5) is 4.79 Å². The van der Waals surface area contributed by atoms with E-state index in [0.29, 0.717) is 0 Å². The van der Waals surface area contributed by atoms with Crippen LogP contribution in [0.25, 0.3) is 0 Å². The van der Waals surface area contributed by atoms with Crippen molar-refractivity contribution in [2.75, 3.05) is 26.7 Å². The van der Waals surface area contributed by atoms with Gasteiger partial charge in [-0.15, -0.1) is 0 Å². The van der Waals surface area contributed by atoms with Gasteiger partial charge in [0.15, 0.2) is 0 Å². The third kappa shape index (κ3) is 2.92. The Kier molecular flexibility index (Phi) is 4.26. The van der Waals surface area contributed by atoms with E-state index in [1.807, 2.05) is 16.8 Å². The van der Waals surface area contributed by atoms with Crippen LogP contribution in [0, 0.1) is 0 Å². The normalized spacial score (nSPS) is 30.1. The smallest absolute Gasteiger partial charge is 0.320 e. The number of amides is 2. The monoisotopic (exact) mass is 240 g/mol. The Hall–Kier alpha value is -0.770. The summed E-state index contributed by atoms with van der Waals surface area (Å²) in [5, 5.41) is 0. The molecule has 0 aromatic heterocycles. The fraction of sp³-hybridized carbons (Fsp3) is 0.923. The Morgan fingerprint density at radius 1 is 1.24 bits per heavy atom. The molecule has 0 radical (unpaired) electrons. The highest BCUT2D eigenvalue weighted by atomic mass is 16.5. The van der Waals surface area contributed by atoms with Crippen molar-refractivity contribution < 1.29 is 9.53 Å². The number of rotatable bonds is 1. The molecular formula is C13H24N2O2. The zero-order chi connectivity index (χ0) is 12.3. The van der Waals surface area contributed by atoms with Gasteiger partial charge in [0.2, 0.25) is 0 Å². The summed E-state index contributed by atoms with van der Waals surface area (Å²) in [5.74, 6) is 0. The minimum atomic E-state index is 0.177. The van der Waals surface area contributed by atoms with Gasteiger partial charge in [-0.25, -0.2) is 4.79 Å². The molecule has 2 rings (SSSR count). The van der Waals surface area contributed by atoms with E-state index in [-0.39, 0.29) is 18.2 Å². The molecule has 2 atom stereocenters. The largest absolute Gasteiger partial charge is 0.376 e. The lowest BCUT2D eigenvalue weighted by Crippen LogP contribution is -2.48. The number of nitrogens with zero attached hydrogens (tertiary/aromatic N) is 2. The van der Waals surface area contributed by atoms with E-state index in [4.69, 9.17) is 4.74 Å². The van der Waals surface area contributed by atoms with Crippen LogP contribution in [-0.2, 0) is 4.74 Å². The summed E-state index contributed by atoms with van der Waals surface area (Å²) in [6.07, 6.45) is 5.97. The van der Waals surface area contributed by atoms with Gasteiger partial charge in [0.25, 0.3) is 0 Å². The fourth-order valence-corrected chi connectivity index (χ4v) is 2.86. The van der Waals surface area contributed by atoms with Gasteiger partial charge in [0.1, 0.15) is 0 Å². The number of likely N-dealkylation sites (N-methyl/N-ethyl adjacent to an activating group) is 1. The molecule has 0 saturated carbocycles.